The quantitative estimate of drug-likeness (QED) is 0.138. The number of halogens is 4. The fourth-order valence-corrected chi connectivity index (χ4v) is 41.4. The average Bonchev–Trinajstić information content (AvgIpc) is 3.09. The van der Waals surface area contributed by atoms with Crippen LogP contribution in [0, 0.1) is 0 Å². The summed E-state index contributed by atoms with van der Waals surface area (Å²) in [7, 11) is -6.00. The van der Waals surface area contributed by atoms with Gasteiger partial charge in [-0.1, -0.05) is 0 Å². The Bertz CT molecular complexity index is 842. The van der Waals surface area contributed by atoms with E-state index in [1.54, 1.807) is 193 Å². The van der Waals surface area contributed by atoms with Crippen molar-refractivity contribution in [3.05, 3.63) is 0 Å². The molecule has 6 aliphatic rings. The zero-order valence-corrected chi connectivity index (χ0v) is 32.2. The number of rotatable bonds is 7. The molecular weight excluding hydrogens is 694 g/mol. The van der Waals surface area contributed by atoms with Gasteiger partial charge in [0.1, 0.15) is 0 Å². The molecule has 0 unspecified atom stereocenters. The third-order valence-corrected chi connectivity index (χ3v) is 37.4. The van der Waals surface area contributed by atoms with E-state index in [1.165, 1.54) is 17.0 Å². The molecule has 265 valence electrons. The van der Waals surface area contributed by atoms with Gasteiger partial charge in [-0.2, -0.15) is 0 Å². The first-order valence-corrected chi connectivity index (χ1v) is 27.5. The van der Waals surface area contributed by atoms with Crippen molar-refractivity contribution in [1.29, 1.82) is 0 Å². The molecule has 6 fully saturated rings. The van der Waals surface area contributed by atoms with Gasteiger partial charge in [0.2, 0.25) is 0 Å². The molecular formula is C37H67BF4P2Ru-. The van der Waals surface area contributed by atoms with E-state index in [0.29, 0.717) is 16.2 Å². The Morgan fingerprint density at radius 2 is 0.622 bits per heavy atom. The predicted octanol–water partition coefficient (Wildman–Crippen LogP) is 13.7. The molecule has 0 atom stereocenters. The second kappa shape index (κ2) is 18.3. The average molecular weight is 762 g/mol. The molecule has 0 heterocycles. The van der Waals surface area contributed by atoms with Crippen molar-refractivity contribution in [3.8, 4) is 0 Å². The molecule has 8 heteroatoms. The van der Waals surface area contributed by atoms with Crippen LogP contribution in [0.25, 0.3) is 0 Å². The molecule has 0 aromatic heterocycles. The first kappa shape index (κ1) is 37.3. The third kappa shape index (κ3) is 9.85. The molecule has 0 saturated heterocycles. The Labute approximate surface area is 282 Å². The van der Waals surface area contributed by atoms with Crippen LogP contribution in [0.5, 0.6) is 0 Å². The van der Waals surface area contributed by atoms with Crippen molar-refractivity contribution in [3.63, 3.8) is 0 Å². The van der Waals surface area contributed by atoms with E-state index in [9.17, 15) is 17.3 Å². The van der Waals surface area contributed by atoms with Crippen LogP contribution in [-0.4, -0.2) is 45.2 Å². The minimum absolute atomic E-state index is 0.428. The van der Waals surface area contributed by atoms with E-state index >= 15 is 0 Å². The van der Waals surface area contributed by atoms with Gasteiger partial charge in [-0.25, -0.2) is 0 Å². The van der Waals surface area contributed by atoms with Crippen molar-refractivity contribution >= 4 is 23.7 Å². The Morgan fingerprint density at radius 1 is 0.400 bits per heavy atom. The summed E-state index contributed by atoms with van der Waals surface area (Å²) in [6.45, 7) is -1.15. The van der Waals surface area contributed by atoms with Crippen molar-refractivity contribution in [2.24, 2.45) is 0 Å². The third-order valence-electron chi connectivity index (χ3n) is 13.5. The van der Waals surface area contributed by atoms with Gasteiger partial charge in [0.05, 0.1) is 0 Å². The summed E-state index contributed by atoms with van der Waals surface area (Å²) in [4.78, 5) is 0. The maximum absolute atomic E-state index is 9.75. The maximum atomic E-state index is 9.75. The molecule has 0 aromatic carbocycles. The monoisotopic (exact) mass is 762 g/mol. The molecule has 0 radical (unpaired) electrons. The Morgan fingerprint density at radius 3 is 0.867 bits per heavy atom. The fraction of sp³-hybridized carbons (Fsp3) is 0.973. The van der Waals surface area contributed by atoms with Crippen LogP contribution < -0.4 is 0 Å². The molecule has 0 amide bonds. The van der Waals surface area contributed by atoms with Crippen molar-refractivity contribution in [2.45, 2.75) is 227 Å². The molecule has 45 heavy (non-hydrogen) atoms. The van der Waals surface area contributed by atoms with Gasteiger partial charge in [0, 0.05) is 0 Å². The summed E-state index contributed by atoms with van der Waals surface area (Å²) in [6, 6.07) is 0. The predicted molar refractivity (Wildman–Crippen MR) is 192 cm³/mol. The minimum atomic E-state index is -6.00. The SMILES string of the molecule is F[B-](F)(F)F.[C](=[Ru][PH](C1CCCCC1)(C1CCCCC1)C1CCCCC1)=P(C1CCCCC1)(C1CCCCC1)C1CCCCC1. The van der Waals surface area contributed by atoms with Gasteiger partial charge in [-0.15, -0.1) is 0 Å². The zero-order chi connectivity index (χ0) is 31.6. The summed E-state index contributed by atoms with van der Waals surface area (Å²) >= 11 is 0.428. The van der Waals surface area contributed by atoms with Crippen molar-refractivity contribution in [2.75, 3.05) is 0 Å². The Hall–Kier alpha value is 1.05. The van der Waals surface area contributed by atoms with Crippen LogP contribution in [0.4, 0.5) is 17.3 Å². The first-order chi connectivity index (χ1) is 21.8. The number of hydrogen-bond acceptors (Lipinski definition) is 0. The second-order valence-electron chi connectivity index (χ2n) is 16.2. The molecule has 0 spiro atoms. The van der Waals surface area contributed by atoms with Gasteiger partial charge in [-0.05, 0) is 0 Å². The van der Waals surface area contributed by atoms with Crippen LogP contribution in [-0.2, 0) is 16.2 Å². The Kier molecular flexibility index (Phi) is 15.2. The van der Waals surface area contributed by atoms with Crippen LogP contribution >= 0.6 is 12.5 Å². The van der Waals surface area contributed by atoms with Crippen LogP contribution in [0.1, 0.15) is 193 Å². The summed E-state index contributed by atoms with van der Waals surface area (Å²) in [5.41, 5.74) is 5.62. The first-order valence-electron chi connectivity index (χ1n) is 20.0. The van der Waals surface area contributed by atoms with Gasteiger partial charge < -0.3 is 17.3 Å². The van der Waals surface area contributed by atoms with Crippen LogP contribution in [0.2, 0.25) is 0 Å². The summed E-state index contributed by atoms with van der Waals surface area (Å²) < 4.78 is 44.2. The van der Waals surface area contributed by atoms with E-state index in [4.69, 9.17) is 3.99 Å². The van der Waals surface area contributed by atoms with E-state index in [2.05, 4.69) is 0 Å². The van der Waals surface area contributed by atoms with E-state index in [-0.39, 0.29) is 0 Å². The van der Waals surface area contributed by atoms with E-state index < -0.39 is 19.7 Å². The van der Waals surface area contributed by atoms with Gasteiger partial charge >= 0.3 is 266 Å². The molecule has 0 nitrogen and oxygen atoms in total. The molecule has 0 bridgehead atoms. The standard InChI is InChI=1S/C19H33P.C18H33P.BF4.Ru/c1-20(17-11-5-2-6-12-17,18-13-7-3-8-14-18)19-15-9-4-10-16-19;1-4-10-16(11-5-1)19(17-12-6-2-7-13-17)18-14-8-3-9-15-18;2-1(3,4)5;/h17-19H,2-16H2;16-18H,1-15H2;;/q;;2*-1/p+1. The normalized spacial score (nSPS) is 27.4. The summed E-state index contributed by atoms with van der Waals surface area (Å²) in [6.07, 6.45) is 48.0. The van der Waals surface area contributed by atoms with Crippen molar-refractivity contribution < 1.29 is 33.5 Å². The molecule has 6 saturated carbocycles. The van der Waals surface area contributed by atoms with Crippen LogP contribution in [0.3, 0.4) is 0 Å². The summed E-state index contributed by atoms with van der Waals surface area (Å²) in [5, 5.41) is 0. The van der Waals surface area contributed by atoms with Gasteiger partial charge in [-0.3, -0.25) is 0 Å². The fourth-order valence-electron chi connectivity index (χ4n) is 11.6. The van der Waals surface area contributed by atoms with Gasteiger partial charge in [0.25, 0.3) is 0 Å². The van der Waals surface area contributed by atoms with Crippen LogP contribution in [0.15, 0.2) is 0 Å². The molecule has 0 aromatic rings. The Balaban J connectivity index is 0.000000743. The molecule has 0 N–H and O–H groups in total. The molecule has 6 rings (SSSR count). The van der Waals surface area contributed by atoms with E-state index in [1.807, 2.05) is 0 Å². The molecule has 6 aliphatic carbocycles. The number of hydrogen-bond donors (Lipinski definition) is 0. The second-order valence-corrected chi connectivity index (χ2v) is 31.4. The summed E-state index contributed by atoms with van der Waals surface area (Å²) in [5.74, 6) is 0. The molecule has 0 aliphatic heterocycles. The topological polar surface area (TPSA) is 0 Å². The van der Waals surface area contributed by atoms with E-state index in [0.717, 1.165) is 17.0 Å². The zero-order valence-electron chi connectivity index (χ0n) is 28.6. The van der Waals surface area contributed by atoms with Crippen molar-refractivity contribution in [1.82, 2.24) is 0 Å². The van der Waals surface area contributed by atoms with Gasteiger partial charge in [0.15, 0.2) is 0 Å².